The lowest BCUT2D eigenvalue weighted by molar-refractivity contribution is -0.119. The lowest BCUT2D eigenvalue weighted by atomic mass is 9.84. The van der Waals surface area contributed by atoms with Crippen molar-refractivity contribution in [2.24, 2.45) is 11.8 Å². The second kappa shape index (κ2) is 18.6. The number of carbonyl (C=O) groups is 2. The van der Waals surface area contributed by atoms with Gasteiger partial charge in [-0.15, -0.1) is 0 Å². The van der Waals surface area contributed by atoms with Crippen LogP contribution in [0.4, 0.5) is 0 Å². The first-order valence-electron chi connectivity index (χ1n) is 16.1. The predicted octanol–water partition coefficient (Wildman–Crippen LogP) is 9.36. The molecule has 2 aromatic heterocycles. The Bertz CT molecular complexity index is 1220. The summed E-state index contributed by atoms with van der Waals surface area (Å²) in [6.07, 6.45) is 20.8. The number of carbonyl (C=O) groups excluding carboxylic acids is 2. The van der Waals surface area contributed by atoms with Crippen LogP contribution >= 0.6 is 0 Å². The summed E-state index contributed by atoms with van der Waals surface area (Å²) in [6, 6.07) is 29.6. The van der Waals surface area contributed by atoms with E-state index in [-0.39, 0.29) is 11.8 Å². The molecule has 4 atom stereocenters. The van der Waals surface area contributed by atoms with Crippen molar-refractivity contribution in [1.82, 2.24) is 9.97 Å². The molecule has 0 fully saturated rings. The molecule has 2 aromatic carbocycles. The Morgan fingerprint density at radius 1 is 0.442 bits per heavy atom. The molecule has 0 aliphatic heterocycles. The summed E-state index contributed by atoms with van der Waals surface area (Å²) in [5, 5.41) is 0. The van der Waals surface area contributed by atoms with E-state index in [4.69, 9.17) is 0 Å². The van der Waals surface area contributed by atoms with E-state index in [1.807, 2.05) is 43.0 Å². The zero-order chi connectivity index (χ0) is 30.0. The zero-order valence-corrected chi connectivity index (χ0v) is 25.3. The second-order valence-electron chi connectivity index (χ2n) is 11.7. The summed E-state index contributed by atoms with van der Waals surface area (Å²) < 4.78 is 0. The molecule has 43 heavy (non-hydrogen) atoms. The SMILES string of the molecule is O=CC(CCCCCCCC(c1ccccc1)c1cccnc1)C(C=O)CCCCC(c1ccccc1)c1cccnc1. The lowest BCUT2D eigenvalue weighted by Crippen LogP contribution is -2.18. The topological polar surface area (TPSA) is 59.9 Å². The summed E-state index contributed by atoms with van der Waals surface area (Å²) >= 11 is 0. The fraction of sp³-hybridized carbons (Fsp3) is 0.385. The van der Waals surface area contributed by atoms with Crippen LogP contribution in [0.3, 0.4) is 0 Å². The quantitative estimate of drug-likeness (QED) is 0.0779. The van der Waals surface area contributed by atoms with Gasteiger partial charge in [-0.05, 0) is 60.1 Å². The standard InChI is InChI=1S/C39H46N2O2/c42-30-36(20-6-2-1-3-11-24-38(32-16-7-4-8-17-32)34-22-14-26-40-28-34)37(31-43)21-12-13-25-39(33-18-9-5-10-19-33)35-23-15-27-41-29-35/h4-5,7-10,14-19,22-23,26-31,36-39H,1-3,6,11-13,20-21,24-25H2. The fourth-order valence-corrected chi connectivity index (χ4v) is 6.34. The van der Waals surface area contributed by atoms with Gasteiger partial charge >= 0.3 is 0 Å². The number of rotatable bonds is 20. The van der Waals surface area contributed by atoms with Gasteiger partial charge in [0.25, 0.3) is 0 Å². The first kappa shape index (κ1) is 32.0. The summed E-state index contributed by atoms with van der Waals surface area (Å²) in [4.78, 5) is 32.6. The number of hydrogen-bond donors (Lipinski definition) is 0. The number of nitrogens with zero attached hydrogens (tertiary/aromatic N) is 2. The van der Waals surface area contributed by atoms with Crippen molar-refractivity contribution < 1.29 is 9.59 Å². The van der Waals surface area contributed by atoms with E-state index in [0.717, 1.165) is 76.8 Å². The Morgan fingerprint density at radius 3 is 1.23 bits per heavy atom. The van der Waals surface area contributed by atoms with Gasteiger partial charge in [-0.3, -0.25) is 9.97 Å². The molecular formula is C39H46N2O2. The summed E-state index contributed by atoms with van der Waals surface area (Å²) in [5.41, 5.74) is 5.13. The highest BCUT2D eigenvalue weighted by molar-refractivity contribution is 5.64. The lowest BCUT2D eigenvalue weighted by Gasteiger charge is -2.20. The van der Waals surface area contributed by atoms with Gasteiger partial charge in [0.05, 0.1) is 0 Å². The third kappa shape index (κ3) is 10.4. The Labute approximate surface area is 258 Å². The third-order valence-electron chi connectivity index (χ3n) is 8.79. The highest BCUT2D eigenvalue weighted by atomic mass is 16.1. The van der Waals surface area contributed by atoms with Gasteiger partial charge in [0.2, 0.25) is 0 Å². The van der Waals surface area contributed by atoms with Gasteiger partial charge in [0, 0.05) is 48.5 Å². The summed E-state index contributed by atoms with van der Waals surface area (Å²) in [6.45, 7) is 0. The molecule has 0 saturated carbocycles. The Balaban J connectivity index is 1.16. The van der Waals surface area contributed by atoms with E-state index < -0.39 is 0 Å². The maximum atomic E-state index is 12.0. The van der Waals surface area contributed by atoms with Gasteiger partial charge in [-0.25, -0.2) is 0 Å². The highest BCUT2D eigenvalue weighted by Gasteiger charge is 2.21. The van der Waals surface area contributed by atoms with Crippen molar-refractivity contribution in [2.75, 3.05) is 0 Å². The summed E-state index contributed by atoms with van der Waals surface area (Å²) in [5.74, 6) is 0.305. The van der Waals surface area contributed by atoms with Crippen LogP contribution in [0.1, 0.15) is 105 Å². The molecule has 0 amide bonds. The molecule has 0 bridgehead atoms. The zero-order valence-electron chi connectivity index (χ0n) is 25.3. The monoisotopic (exact) mass is 574 g/mol. The molecule has 4 aromatic rings. The molecule has 2 heterocycles. The van der Waals surface area contributed by atoms with Crippen LogP contribution in [0.2, 0.25) is 0 Å². The second-order valence-corrected chi connectivity index (χ2v) is 11.7. The van der Waals surface area contributed by atoms with E-state index >= 15 is 0 Å². The molecule has 0 aliphatic rings. The van der Waals surface area contributed by atoms with Crippen LogP contribution in [0, 0.1) is 11.8 Å². The predicted molar refractivity (Wildman–Crippen MR) is 175 cm³/mol. The van der Waals surface area contributed by atoms with Crippen LogP contribution in [-0.4, -0.2) is 22.5 Å². The molecular weight excluding hydrogens is 528 g/mol. The number of benzene rings is 2. The third-order valence-corrected chi connectivity index (χ3v) is 8.79. The van der Waals surface area contributed by atoms with Crippen molar-refractivity contribution in [2.45, 2.75) is 82.5 Å². The van der Waals surface area contributed by atoms with Crippen molar-refractivity contribution in [3.8, 4) is 0 Å². The maximum absolute atomic E-state index is 12.0. The Kier molecular flexibility index (Phi) is 13.8. The van der Waals surface area contributed by atoms with Crippen LogP contribution < -0.4 is 0 Å². The number of aldehydes is 2. The first-order valence-corrected chi connectivity index (χ1v) is 16.1. The molecule has 4 nitrogen and oxygen atoms in total. The molecule has 4 unspecified atom stereocenters. The largest absolute Gasteiger partial charge is 0.303 e. The minimum Gasteiger partial charge on any atom is -0.303 e. The number of pyridine rings is 2. The van der Waals surface area contributed by atoms with Crippen molar-refractivity contribution in [3.63, 3.8) is 0 Å². The number of unbranched alkanes of at least 4 members (excludes halogenated alkanes) is 5. The van der Waals surface area contributed by atoms with Gasteiger partial charge in [0.1, 0.15) is 12.6 Å². The van der Waals surface area contributed by atoms with Gasteiger partial charge in [-0.2, -0.15) is 0 Å². The Morgan fingerprint density at radius 2 is 0.814 bits per heavy atom. The van der Waals surface area contributed by atoms with E-state index in [0.29, 0.717) is 11.8 Å². The van der Waals surface area contributed by atoms with Crippen molar-refractivity contribution in [1.29, 1.82) is 0 Å². The molecule has 4 heteroatoms. The van der Waals surface area contributed by atoms with E-state index in [2.05, 4.69) is 76.7 Å². The minimum atomic E-state index is -0.183. The van der Waals surface area contributed by atoms with Crippen LogP contribution in [0.5, 0.6) is 0 Å². The smallest absolute Gasteiger partial charge is 0.123 e. The molecule has 0 aliphatic carbocycles. The summed E-state index contributed by atoms with van der Waals surface area (Å²) in [7, 11) is 0. The van der Waals surface area contributed by atoms with Gasteiger partial charge < -0.3 is 9.59 Å². The normalized spacial score (nSPS) is 14.0. The van der Waals surface area contributed by atoms with Gasteiger partial charge in [0.15, 0.2) is 0 Å². The highest BCUT2D eigenvalue weighted by Crippen LogP contribution is 2.32. The van der Waals surface area contributed by atoms with Crippen LogP contribution in [0.15, 0.2) is 110 Å². The Hall–Kier alpha value is -3.92. The molecule has 0 saturated heterocycles. The van der Waals surface area contributed by atoms with E-state index in [1.54, 1.807) is 0 Å². The van der Waals surface area contributed by atoms with Crippen molar-refractivity contribution >= 4 is 12.6 Å². The van der Waals surface area contributed by atoms with Crippen molar-refractivity contribution in [3.05, 3.63) is 132 Å². The fourth-order valence-electron chi connectivity index (χ4n) is 6.34. The average Bonchev–Trinajstić information content (AvgIpc) is 3.08. The molecule has 4 rings (SSSR count). The minimum absolute atomic E-state index is 0.172. The maximum Gasteiger partial charge on any atom is 0.123 e. The molecule has 224 valence electrons. The average molecular weight is 575 g/mol. The first-order chi connectivity index (χ1) is 21.3. The molecule has 0 spiro atoms. The van der Waals surface area contributed by atoms with Gasteiger partial charge in [-0.1, -0.05) is 118 Å². The van der Waals surface area contributed by atoms with E-state index in [9.17, 15) is 9.59 Å². The number of aromatic nitrogens is 2. The molecule has 0 radical (unpaired) electrons. The van der Waals surface area contributed by atoms with Crippen LogP contribution in [0.25, 0.3) is 0 Å². The van der Waals surface area contributed by atoms with E-state index in [1.165, 1.54) is 28.7 Å². The molecule has 0 N–H and O–H groups in total. The number of hydrogen-bond acceptors (Lipinski definition) is 4. The van der Waals surface area contributed by atoms with Crippen LogP contribution in [-0.2, 0) is 9.59 Å².